The number of hydrogen-bond acceptors (Lipinski definition) is 4. The number of thioether (sulfide) groups is 2. The largest absolute Gasteiger partial charge is 0.334 e. The number of aryl methyl sites for hydroxylation is 1. The Labute approximate surface area is 248 Å². The molecule has 1 N–H and O–H groups in total. The van der Waals surface area contributed by atoms with E-state index >= 15 is 0 Å². The van der Waals surface area contributed by atoms with Crippen molar-refractivity contribution in [2.75, 3.05) is 41.8 Å². The van der Waals surface area contributed by atoms with Crippen molar-refractivity contribution < 1.29 is 4.79 Å². The summed E-state index contributed by atoms with van der Waals surface area (Å²) in [6.45, 7) is 9.11. The number of amides is 2. The molecule has 1 spiro atoms. The third-order valence-corrected chi connectivity index (χ3v) is 10.8. The lowest BCUT2D eigenvalue weighted by Crippen LogP contribution is -2.41. The first-order valence-corrected chi connectivity index (χ1v) is 17.0. The highest BCUT2D eigenvalue weighted by molar-refractivity contribution is 7.99. The molecule has 0 unspecified atom stereocenters. The number of benzene rings is 3. The normalized spacial score (nSPS) is 18.3. The van der Waals surface area contributed by atoms with E-state index < -0.39 is 0 Å². The summed E-state index contributed by atoms with van der Waals surface area (Å²) in [6, 6.07) is 22.4. The summed E-state index contributed by atoms with van der Waals surface area (Å²) in [4.78, 5) is 19.4. The maximum absolute atomic E-state index is 13.5. The minimum Gasteiger partial charge on any atom is -0.334 e. The van der Waals surface area contributed by atoms with Gasteiger partial charge in [0.1, 0.15) is 0 Å². The molecule has 2 fully saturated rings. The Kier molecular flexibility index (Phi) is 8.47. The van der Waals surface area contributed by atoms with Crippen LogP contribution in [-0.2, 0) is 18.5 Å². The smallest absolute Gasteiger partial charge is 0.322 e. The molecule has 0 radical (unpaired) electrons. The third-order valence-electron chi connectivity index (χ3n) is 8.93. The van der Waals surface area contributed by atoms with E-state index in [-0.39, 0.29) is 11.4 Å². The molecular weight excluding hydrogens is 531 g/mol. The van der Waals surface area contributed by atoms with Gasteiger partial charge in [0.25, 0.3) is 0 Å². The minimum atomic E-state index is 0.0163. The molecule has 2 amide bonds. The van der Waals surface area contributed by atoms with Crippen LogP contribution in [0.1, 0.15) is 54.9 Å². The quantitative estimate of drug-likeness (QED) is 0.293. The van der Waals surface area contributed by atoms with Crippen LogP contribution in [0.3, 0.4) is 0 Å². The Balaban J connectivity index is 1.23. The molecule has 6 heteroatoms. The molecule has 0 bridgehead atoms. The SMILES string of the molecule is CCSc1ccc(CNC(=O)N2CC3(CCCC3)c3cc(-c4cc(CN5CCSCC5)ccc4C)ccc32)cc1. The maximum atomic E-state index is 13.5. The highest BCUT2D eigenvalue weighted by Crippen LogP contribution is 2.51. The molecule has 1 aliphatic carbocycles. The minimum absolute atomic E-state index is 0.0163. The average molecular weight is 572 g/mol. The van der Waals surface area contributed by atoms with Crippen molar-refractivity contribution in [2.45, 2.75) is 62.9 Å². The van der Waals surface area contributed by atoms with Gasteiger partial charge in [0.15, 0.2) is 0 Å². The average Bonchev–Trinajstić information content (AvgIpc) is 3.59. The molecule has 1 saturated heterocycles. The zero-order valence-corrected chi connectivity index (χ0v) is 25.5. The number of fused-ring (bicyclic) bond motifs is 2. The van der Waals surface area contributed by atoms with Crippen LogP contribution in [0.25, 0.3) is 11.1 Å². The van der Waals surface area contributed by atoms with E-state index in [0.717, 1.165) is 42.9 Å². The molecule has 2 heterocycles. The molecule has 0 aromatic heterocycles. The monoisotopic (exact) mass is 571 g/mol. The third kappa shape index (κ3) is 5.81. The second kappa shape index (κ2) is 12.2. The Bertz CT molecular complexity index is 1340. The van der Waals surface area contributed by atoms with Gasteiger partial charge in [0.05, 0.1) is 0 Å². The fourth-order valence-electron chi connectivity index (χ4n) is 6.74. The fraction of sp³-hybridized carbons (Fsp3) is 0.441. The Morgan fingerprint density at radius 3 is 2.48 bits per heavy atom. The molecular formula is C34H41N3OS2. The van der Waals surface area contributed by atoms with Gasteiger partial charge in [-0.1, -0.05) is 50.1 Å². The number of urea groups is 1. The summed E-state index contributed by atoms with van der Waals surface area (Å²) in [5.74, 6) is 3.54. The Hall–Kier alpha value is -2.41. The number of carbonyl (C=O) groups is 1. The molecule has 40 heavy (non-hydrogen) atoms. The van der Waals surface area contributed by atoms with Gasteiger partial charge in [0, 0.05) is 60.2 Å². The second-order valence-corrected chi connectivity index (χ2v) is 14.1. The van der Waals surface area contributed by atoms with Gasteiger partial charge in [-0.05, 0) is 89.2 Å². The number of hydrogen-bond donors (Lipinski definition) is 1. The first-order valence-electron chi connectivity index (χ1n) is 14.9. The van der Waals surface area contributed by atoms with E-state index in [1.807, 2.05) is 16.7 Å². The van der Waals surface area contributed by atoms with Crippen LogP contribution in [0, 0.1) is 6.92 Å². The second-order valence-electron chi connectivity index (χ2n) is 11.6. The van der Waals surface area contributed by atoms with Crippen LogP contribution in [0.4, 0.5) is 10.5 Å². The Morgan fingerprint density at radius 2 is 1.73 bits per heavy atom. The first-order chi connectivity index (χ1) is 19.5. The summed E-state index contributed by atoms with van der Waals surface area (Å²) in [7, 11) is 0. The predicted molar refractivity (Wildman–Crippen MR) is 172 cm³/mol. The lowest BCUT2D eigenvalue weighted by Gasteiger charge is -2.26. The van der Waals surface area contributed by atoms with Gasteiger partial charge < -0.3 is 5.32 Å². The van der Waals surface area contributed by atoms with Crippen molar-refractivity contribution in [3.05, 3.63) is 82.9 Å². The van der Waals surface area contributed by atoms with E-state index in [4.69, 9.17) is 0 Å². The number of carbonyl (C=O) groups excluding carboxylic acids is 1. The highest BCUT2D eigenvalue weighted by atomic mass is 32.2. The molecule has 1 saturated carbocycles. The van der Waals surface area contributed by atoms with Gasteiger partial charge in [-0.3, -0.25) is 9.80 Å². The molecule has 3 aliphatic rings. The lowest BCUT2D eigenvalue weighted by atomic mass is 9.79. The van der Waals surface area contributed by atoms with Crippen LogP contribution in [0.15, 0.2) is 65.6 Å². The zero-order valence-electron chi connectivity index (χ0n) is 23.9. The summed E-state index contributed by atoms with van der Waals surface area (Å²) in [5, 5.41) is 3.22. The number of nitrogens with one attached hydrogen (secondary N) is 1. The van der Waals surface area contributed by atoms with Crippen molar-refractivity contribution >= 4 is 35.2 Å². The summed E-state index contributed by atoms with van der Waals surface area (Å²) in [5.41, 5.74) is 9.00. The van der Waals surface area contributed by atoms with E-state index in [1.165, 1.54) is 70.1 Å². The first kappa shape index (κ1) is 27.7. The van der Waals surface area contributed by atoms with Gasteiger partial charge in [-0.25, -0.2) is 4.79 Å². The molecule has 4 nitrogen and oxygen atoms in total. The van der Waals surface area contributed by atoms with E-state index in [9.17, 15) is 4.79 Å². The highest BCUT2D eigenvalue weighted by Gasteiger charge is 2.46. The van der Waals surface area contributed by atoms with E-state index in [0.29, 0.717) is 6.54 Å². The summed E-state index contributed by atoms with van der Waals surface area (Å²) < 4.78 is 0. The molecule has 2 aliphatic heterocycles. The van der Waals surface area contributed by atoms with Crippen LogP contribution in [0.5, 0.6) is 0 Å². The Morgan fingerprint density at radius 1 is 0.975 bits per heavy atom. The maximum Gasteiger partial charge on any atom is 0.322 e. The van der Waals surface area contributed by atoms with E-state index in [1.54, 1.807) is 0 Å². The van der Waals surface area contributed by atoms with Gasteiger partial charge in [0.2, 0.25) is 0 Å². The standard InChI is InChI=1S/C34H41N3OS2/c1-3-40-29-11-8-26(9-12-29)22-35-33(38)37-24-34(14-4-5-15-34)31-21-28(10-13-32(31)37)30-20-27(7-6-25(30)2)23-36-16-18-39-19-17-36/h6-13,20-21H,3-5,14-19,22-24H2,1-2H3,(H,35,38). The van der Waals surface area contributed by atoms with Crippen molar-refractivity contribution in [1.82, 2.24) is 10.2 Å². The molecule has 6 rings (SSSR count). The molecule has 3 aromatic carbocycles. The zero-order chi connectivity index (χ0) is 27.5. The van der Waals surface area contributed by atoms with Crippen LogP contribution >= 0.6 is 23.5 Å². The molecule has 0 atom stereocenters. The van der Waals surface area contributed by atoms with Gasteiger partial charge in [-0.15, -0.1) is 11.8 Å². The topological polar surface area (TPSA) is 35.6 Å². The lowest BCUT2D eigenvalue weighted by molar-refractivity contribution is 0.245. The van der Waals surface area contributed by atoms with Gasteiger partial charge in [-0.2, -0.15) is 11.8 Å². The van der Waals surface area contributed by atoms with Crippen molar-refractivity contribution in [2.24, 2.45) is 0 Å². The number of anilines is 1. The number of nitrogens with zero attached hydrogens (tertiary/aromatic N) is 2. The fourth-order valence-corrected chi connectivity index (χ4v) is 8.38. The van der Waals surface area contributed by atoms with Crippen molar-refractivity contribution in [3.8, 4) is 11.1 Å². The molecule has 3 aromatic rings. The summed E-state index contributed by atoms with van der Waals surface area (Å²) in [6.07, 6.45) is 4.80. The van der Waals surface area contributed by atoms with Gasteiger partial charge >= 0.3 is 6.03 Å². The van der Waals surface area contributed by atoms with Crippen LogP contribution in [0.2, 0.25) is 0 Å². The van der Waals surface area contributed by atoms with Crippen LogP contribution < -0.4 is 10.2 Å². The van der Waals surface area contributed by atoms with Crippen molar-refractivity contribution in [1.29, 1.82) is 0 Å². The van der Waals surface area contributed by atoms with E-state index in [2.05, 4.69) is 96.5 Å². The predicted octanol–water partition coefficient (Wildman–Crippen LogP) is 7.86. The summed E-state index contributed by atoms with van der Waals surface area (Å²) >= 11 is 3.90. The van der Waals surface area contributed by atoms with Crippen LogP contribution in [-0.4, -0.2) is 47.8 Å². The number of rotatable bonds is 7. The van der Waals surface area contributed by atoms with Crippen molar-refractivity contribution in [3.63, 3.8) is 0 Å². The molecule has 210 valence electrons.